The lowest BCUT2D eigenvalue weighted by atomic mass is 10.1. The number of aliphatic carboxylic acids is 1. The zero-order chi connectivity index (χ0) is 12.9. The Balaban J connectivity index is 2.62. The van der Waals surface area contributed by atoms with Gasteiger partial charge in [0, 0.05) is 0 Å². The molecule has 0 radical (unpaired) electrons. The van der Waals surface area contributed by atoms with E-state index in [2.05, 4.69) is 0 Å². The van der Waals surface area contributed by atoms with Crippen LogP contribution in [0.1, 0.15) is 32.8 Å². The van der Waals surface area contributed by atoms with Crippen molar-refractivity contribution in [3.05, 3.63) is 35.9 Å². The Morgan fingerprint density at radius 2 is 1.88 bits per heavy atom. The minimum Gasteiger partial charge on any atom is -0.488 e. The summed E-state index contributed by atoms with van der Waals surface area (Å²) in [6, 6.07) is 7.57. The monoisotopic (exact) mass is 234 g/mol. The molecule has 1 aromatic carbocycles. The molecule has 0 saturated carbocycles. The number of hydrogen-bond donors (Lipinski definition) is 1. The molecular weight excluding hydrogens is 216 g/mol. The number of hydrogen-bond acceptors (Lipinski definition) is 2. The average Bonchev–Trinajstić information content (AvgIpc) is 2.18. The van der Waals surface area contributed by atoms with Crippen molar-refractivity contribution in [3.8, 4) is 5.75 Å². The lowest BCUT2D eigenvalue weighted by molar-refractivity contribution is -0.135. The Hall–Kier alpha value is -1.77. The maximum absolute atomic E-state index is 10.3. The number of rotatable bonds is 4. The minimum absolute atomic E-state index is 0.0419. The van der Waals surface area contributed by atoms with Crippen molar-refractivity contribution in [1.29, 1.82) is 0 Å². The number of ether oxygens (including phenoxy) is 1. The summed E-state index contributed by atoms with van der Waals surface area (Å²) in [6.07, 6.45) is 3.46. The summed E-state index contributed by atoms with van der Waals surface area (Å²) < 4.78 is 5.68. The molecule has 0 aliphatic heterocycles. The van der Waals surface area contributed by atoms with E-state index in [1.165, 1.54) is 0 Å². The second-order valence-corrected chi connectivity index (χ2v) is 4.78. The molecule has 0 bridgehead atoms. The third-order valence-corrected chi connectivity index (χ3v) is 1.91. The van der Waals surface area contributed by atoms with Gasteiger partial charge in [0.2, 0.25) is 0 Å². The van der Waals surface area contributed by atoms with Crippen molar-refractivity contribution in [2.24, 2.45) is 0 Å². The first-order chi connectivity index (χ1) is 7.87. The molecule has 92 valence electrons. The first kappa shape index (κ1) is 13.3. The van der Waals surface area contributed by atoms with Crippen molar-refractivity contribution in [2.75, 3.05) is 0 Å². The molecule has 0 atom stereocenters. The summed E-state index contributed by atoms with van der Waals surface area (Å²) in [5.41, 5.74) is 0.758. The fraction of sp³-hybridized carbons (Fsp3) is 0.357. The fourth-order valence-corrected chi connectivity index (χ4v) is 1.30. The SMILES string of the molecule is CC(C)(C)Oc1ccc(/C=C/CC(=O)O)cc1. The summed E-state index contributed by atoms with van der Waals surface area (Å²) in [5, 5.41) is 8.49. The first-order valence-electron chi connectivity index (χ1n) is 5.54. The summed E-state index contributed by atoms with van der Waals surface area (Å²) in [7, 11) is 0. The van der Waals surface area contributed by atoms with Crippen molar-refractivity contribution in [2.45, 2.75) is 32.8 Å². The maximum Gasteiger partial charge on any atom is 0.307 e. The van der Waals surface area contributed by atoms with Crippen LogP contribution in [0.5, 0.6) is 5.75 Å². The van der Waals surface area contributed by atoms with Gasteiger partial charge in [0.15, 0.2) is 0 Å². The third kappa shape index (κ3) is 5.76. The van der Waals surface area contributed by atoms with Gasteiger partial charge in [0.25, 0.3) is 0 Å². The molecule has 0 aromatic heterocycles. The summed E-state index contributed by atoms with van der Waals surface area (Å²) in [4.78, 5) is 10.3. The van der Waals surface area contributed by atoms with Gasteiger partial charge in [-0.1, -0.05) is 24.3 Å². The number of carboxylic acids is 1. The summed E-state index contributed by atoms with van der Waals surface area (Å²) in [6.45, 7) is 5.98. The molecule has 0 unspecified atom stereocenters. The van der Waals surface area contributed by atoms with Crippen LogP contribution in [0.4, 0.5) is 0 Å². The van der Waals surface area contributed by atoms with E-state index < -0.39 is 5.97 Å². The molecule has 0 heterocycles. The van der Waals surface area contributed by atoms with Crippen molar-refractivity contribution < 1.29 is 14.6 Å². The molecule has 0 spiro atoms. The van der Waals surface area contributed by atoms with Crippen LogP contribution in [0.2, 0.25) is 0 Å². The first-order valence-corrected chi connectivity index (χ1v) is 5.54. The average molecular weight is 234 g/mol. The van der Waals surface area contributed by atoms with Crippen molar-refractivity contribution in [3.63, 3.8) is 0 Å². The van der Waals surface area contributed by atoms with Gasteiger partial charge < -0.3 is 9.84 Å². The van der Waals surface area contributed by atoms with Gasteiger partial charge in [0.1, 0.15) is 11.4 Å². The molecule has 0 saturated heterocycles. The fourth-order valence-electron chi connectivity index (χ4n) is 1.30. The second-order valence-electron chi connectivity index (χ2n) is 4.78. The number of carbonyl (C=O) groups is 1. The molecule has 0 amide bonds. The minimum atomic E-state index is -0.825. The Kier molecular flexibility index (Phi) is 4.32. The van der Waals surface area contributed by atoms with Crippen LogP contribution in [0.15, 0.2) is 30.3 Å². The van der Waals surface area contributed by atoms with E-state index in [-0.39, 0.29) is 12.0 Å². The highest BCUT2D eigenvalue weighted by molar-refractivity contribution is 5.70. The molecular formula is C14H18O3. The molecule has 3 heteroatoms. The predicted octanol–water partition coefficient (Wildman–Crippen LogP) is 3.35. The van der Waals surface area contributed by atoms with Crippen LogP contribution in [-0.2, 0) is 4.79 Å². The summed E-state index contributed by atoms with van der Waals surface area (Å²) in [5.74, 6) is -0.0122. The number of benzene rings is 1. The molecule has 1 N–H and O–H groups in total. The van der Waals surface area contributed by atoms with Gasteiger partial charge in [-0.05, 0) is 38.5 Å². The highest BCUT2D eigenvalue weighted by atomic mass is 16.5. The van der Waals surface area contributed by atoms with Crippen LogP contribution < -0.4 is 4.74 Å². The van der Waals surface area contributed by atoms with Crippen LogP contribution in [0.25, 0.3) is 6.08 Å². The van der Waals surface area contributed by atoms with E-state index >= 15 is 0 Å². The lowest BCUT2D eigenvalue weighted by Gasteiger charge is -2.21. The Labute approximate surface area is 102 Å². The van der Waals surface area contributed by atoms with E-state index in [0.29, 0.717) is 0 Å². The second kappa shape index (κ2) is 5.53. The standard InChI is InChI=1S/C14H18O3/c1-14(2,3)17-12-9-7-11(8-10-12)5-4-6-13(15)16/h4-5,7-10H,6H2,1-3H3,(H,15,16)/b5-4+. The van der Waals surface area contributed by atoms with E-state index in [1.54, 1.807) is 12.2 Å². The largest absolute Gasteiger partial charge is 0.488 e. The zero-order valence-corrected chi connectivity index (χ0v) is 10.4. The van der Waals surface area contributed by atoms with Crippen molar-refractivity contribution >= 4 is 12.0 Å². The van der Waals surface area contributed by atoms with E-state index in [0.717, 1.165) is 11.3 Å². The van der Waals surface area contributed by atoms with Gasteiger partial charge in [-0.2, -0.15) is 0 Å². The van der Waals surface area contributed by atoms with Gasteiger partial charge >= 0.3 is 5.97 Å². The molecule has 1 rings (SSSR count). The Morgan fingerprint density at radius 1 is 1.29 bits per heavy atom. The normalized spacial score (nSPS) is 11.7. The van der Waals surface area contributed by atoms with E-state index in [9.17, 15) is 4.79 Å². The quantitative estimate of drug-likeness (QED) is 0.869. The number of carboxylic acid groups (broad SMARTS) is 1. The summed E-state index contributed by atoms with van der Waals surface area (Å²) >= 11 is 0. The van der Waals surface area contributed by atoms with Crippen molar-refractivity contribution in [1.82, 2.24) is 0 Å². The Morgan fingerprint density at radius 3 is 2.35 bits per heavy atom. The predicted molar refractivity (Wildman–Crippen MR) is 68.1 cm³/mol. The molecule has 3 nitrogen and oxygen atoms in total. The highest BCUT2D eigenvalue weighted by Crippen LogP contribution is 2.18. The van der Waals surface area contributed by atoms with Crippen LogP contribution in [0, 0.1) is 0 Å². The van der Waals surface area contributed by atoms with Crippen LogP contribution >= 0.6 is 0 Å². The third-order valence-electron chi connectivity index (χ3n) is 1.91. The van der Waals surface area contributed by atoms with Crippen LogP contribution in [0.3, 0.4) is 0 Å². The van der Waals surface area contributed by atoms with Gasteiger partial charge in [-0.15, -0.1) is 0 Å². The Bertz CT molecular complexity index is 396. The smallest absolute Gasteiger partial charge is 0.307 e. The van der Waals surface area contributed by atoms with E-state index in [1.807, 2.05) is 45.0 Å². The molecule has 0 fully saturated rings. The zero-order valence-electron chi connectivity index (χ0n) is 10.4. The molecule has 0 aliphatic rings. The highest BCUT2D eigenvalue weighted by Gasteiger charge is 2.10. The molecule has 0 aliphatic carbocycles. The van der Waals surface area contributed by atoms with Crippen LogP contribution in [-0.4, -0.2) is 16.7 Å². The van der Waals surface area contributed by atoms with E-state index in [4.69, 9.17) is 9.84 Å². The molecule has 1 aromatic rings. The van der Waals surface area contributed by atoms with Gasteiger partial charge in [-0.25, -0.2) is 0 Å². The topological polar surface area (TPSA) is 46.5 Å². The van der Waals surface area contributed by atoms with Gasteiger partial charge in [-0.3, -0.25) is 4.79 Å². The maximum atomic E-state index is 10.3. The molecule has 17 heavy (non-hydrogen) atoms. The lowest BCUT2D eigenvalue weighted by Crippen LogP contribution is -2.22. The van der Waals surface area contributed by atoms with Gasteiger partial charge in [0.05, 0.1) is 6.42 Å².